The van der Waals surface area contributed by atoms with Gasteiger partial charge in [-0.2, -0.15) is 0 Å². The number of allylic oxidation sites excluding steroid dienone is 5. The highest BCUT2D eigenvalue weighted by molar-refractivity contribution is 7.20. The van der Waals surface area contributed by atoms with Crippen molar-refractivity contribution < 1.29 is 0 Å². The Balaban J connectivity index is 1.28. The molecule has 7 rings (SSSR count). The van der Waals surface area contributed by atoms with Crippen molar-refractivity contribution in [2.45, 2.75) is 37.8 Å². The number of nitrogens with two attached hydrogens (primary N) is 1. The van der Waals surface area contributed by atoms with Crippen LogP contribution < -0.4 is 10.6 Å². The van der Waals surface area contributed by atoms with Gasteiger partial charge in [0.15, 0.2) is 0 Å². The summed E-state index contributed by atoms with van der Waals surface area (Å²) in [5, 5.41) is 1.43. The Bertz CT molecular complexity index is 1430. The molecule has 1 aliphatic heterocycles. The van der Waals surface area contributed by atoms with E-state index in [4.69, 9.17) is 5.73 Å². The largest absolute Gasteiger partial charge is 0.402 e. The van der Waals surface area contributed by atoms with Gasteiger partial charge in [0.1, 0.15) is 0 Å². The molecular formula is C30H26N2S. The van der Waals surface area contributed by atoms with Gasteiger partial charge in [0.25, 0.3) is 0 Å². The zero-order chi connectivity index (χ0) is 21.9. The average Bonchev–Trinajstić information content (AvgIpc) is 3.39. The molecule has 2 aromatic carbocycles. The number of nitrogens with zero attached hydrogens (tertiary/aromatic N) is 1. The van der Waals surface area contributed by atoms with E-state index in [0.29, 0.717) is 12.1 Å². The van der Waals surface area contributed by atoms with E-state index in [1.165, 1.54) is 48.5 Å². The van der Waals surface area contributed by atoms with Crippen LogP contribution in [0.5, 0.6) is 0 Å². The van der Waals surface area contributed by atoms with Crippen molar-refractivity contribution in [3.63, 3.8) is 0 Å². The molecule has 0 saturated carbocycles. The predicted octanol–water partition coefficient (Wildman–Crippen LogP) is 7.14. The number of hydrogen-bond acceptors (Lipinski definition) is 3. The van der Waals surface area contributed by atoms with E-state index in [-0.39, 0.29) is 0 Å². The molecule has 0 radical (unpaired) electrons. The van der Waals surface area contributed by atoms with E-state index < -0.39 is 0 Å². The summed E-state index contributed by atoms with van der Waals surface area (Å²) in [7, 11) is 0. The van der Waals surface area contributed by atoms with Gasteiger partial charge in [0.05, 0.1) is 12.1 Å². The van der Waals surface area contributed by atoms with Crippen molar-refractivity contribution in [1.29, 1.82) is 0 Å². The first kappa shape index (κ1) is 19.2. The third-order valence-electron chi connectivity index (χ3n) is 7.56. The van der Waals surface area contributed by atoms with Gasteiger partial charge in [0, 0.05) is 27.4 Å². The minimum atomic E-state index is 0.330. The van der Waals surface area contributed by atoms with Gasteiger partial charge < -0.3 is 10.6 Å². The highest BCUT2D eigenvalue weighted by Crippen LogP contribution is 2.45. The lowest BCUT2D eigenvalue weighted by Gasteiger charge is -2.33. The molecule has 2 heterocycles. The zero-order valence-electron chi connectivity index (χ0n) is 18.5. The topological polar surface area (TPSA) is 29.3 Å². The molecule has 0 spiro atoms. The van der Waals surface area contributed by atoms with Crippen LogP contribution in [0.4, 0.5) is 5.69 Å². The molecule has 2 unspecified atom stereocenters. The van der Waals surface area contributed by atoms with Crippen molar-refractivity contribution in [2.24, 2.45) is 5.73 Å². The highest BCUT2D eigenvalue weighted by atomic mass is 32.1. The van der Waals surface area contributed by atoms with Crippen LogP contribution in [0.25, 0.3) is 27.3 Å². The van der Waals surface area contributed by atoms with Crippen molar-refractivity contribution in [3.05, 3.63) is 106 Å². The molecule has 1 fully saturated rings. The minimum Gasteiger partial charge on any atom is -0.402 e. The Morgan fingerprint density at radius 2 is 1.79 bits per heavy atom. The zero-order valence-corrected chi connectivity index (χ0v) is 19.3. The van der Waals surface area contributed by atoms with E-state index in [1.54, 1.807) is 0 Å². The minimum absolute atomic E-state index is 0.330. The summed E-state index contributed by atoms with van der Waals surface area (Å²) < 4.78 is 1.42. The summed E-state index contributed by atoms with van der Waals surface area (Å²) in [5.41, 5.74) is 15.6. The third kappa shape index (κ3) is 2.92. The maximum Gasteiger partial charge on any atom is 0.0606 e. The molecule has 1 aromatic heterocycles. The number of thiophene rings is 1. The molecule has 33 heavy (non-hydrogen) atoms. The van der Waals surface area contributed by atoms with E-state index in [2.05, 4.69) is 89.9 Å². The van der Waals surface area contributed by atoms with Gasteiger partial charge in [-0.3, -0.25) is 0 Å². The van der Waals surface area contributed by atoms with Gasteiger partial charge in [-0.25, -0.2) is 0 Å². The van der Waals surface area contributed by atoms with E-state index >= 15 is 0 Å². The predicted molar refractivity (Wildman–Crippen MR) is 141 cm³/mol. The highest BCUT2D eigenvalue weighted by Gasteiger charge is 2.41. The van der Waals surface area contributed by atoms with Crippen molar-refractivity contribution in [2.75, 3.05) is 4.90 Å². The van der Waals surface area contributed by atoms with Gasteiger partial charge >= 0.3 is 0 Å². The first-order valence-electron chi connectivity index (χ1n) is 11.9. The number of rotatable bonds is 2. The summed E-state index contributed by atoms with van der Waals surface area (Å²) >= 11 is 1.94. The van der Waals surface area contributed by atoms with Crippen LogP contribution in [-0.2, 0) is 6.42 Å². The summed E-state index contributed by atoms with van der Waals surface area (Å²) in [6.45, 7) is 0. The van der Waals surface area contributed by atoms with Crippen LogP contribution in [0.2, 0.25) is 0 Å². The molecule has 162 valence electrons. The second-order valence-corrected chi connectivity index (χ2v) is 10.5. The smallest absolute Gasteiger partial charge is 0.0606 e. The fraction of sp³-hybridized carbons (Fsp3) is 0.200. The molecule has 0 bridgehead atoms. The van der Waals surface area contributed by atoms with Crippen LogP contribution in [0.1, 0.15) is 29.7 Å². The normalized spacial score (nSPS) is 23.0. The van der Waals surface area contributed by atoms with Crippen LogP contribution in [0, 0.1) is 0 Å². The number of aryl methyl sites for hydroxylation is 1. The molecule has 2 atom stereocenters. The Morgan fingerprint density at radius 1 is 0.909 bits per heavy atom. The second-order valence-electron chi connectivity index (χ2n) is 9.41. The van der Waals surface area contributed by atoms with E-state index in [1.807, 2.05) is 11.3 Å². The van der Waals surface area contributed by atoms with Gasteiger partial charge in [-0.15, -0.1) is 11.3 Å². The first-order chi connectivity index (χ1) is 16.3. The number of anilines is 1. The third-order valence-corrected chi connectivity index (χ3v) is 8.80. The van der Waals surface area contributed by atoms with Crippen LogP contribution in [-0.4, -0.2) is 12.1 Å². The number of benzene rings is 2. The van der Waals surface area contributed by atoms with Crippen molar-refractivity contribution in [1.82, 2.24) is 0 Å². The SMILES string of the molecule is NC1=CC=C2C3=CC=CCC3N(c3ccc(-c4cccc5c6c(sc45)C=CCC6)cc3)C2C1. The molecule has 3 aliphatic carbocycles. The number of fused-ring (bicyclic) bond motifs is 6. The average molecular weight is 447 g/mol. The monoisotopic (exact) mass is 446 g/mol. The lowest BCUT2D eigenvalue weighted by Crippen LogP contribution is -2.38. The lowest BCUT2D eigenvalue weighted by atomic mass is 9.91. The van der Waals surface area contributed by atoms with E-state index in [0.717, 1.165) is 31.4 Å². The standard InChI is InChI=1S/C30H26N2S/c31-20-14-17-24-23-6-1-3-10-27(23)32(28(24)18-20)21-15-12-19(13-16-21)22-8-5-9-26-25-7-2-4-11-29(25)33-30(22)26/h1,3-6,8-9,11-17,27-28H,2,7,10,18,31H2. The Kier molecular flexibility index (Phi) is 4.28. The van der Waals surface area contributed by atoms with Crippen molar-refractivity contribution in [3.8, 4) is 11.1 Å². The second kappa shape index (κ2) is 7.36. The molecule has 2 N–H and O–H groups in total. The first-order valence-corrected chi connectivity index (χ1v) is 12.7. The number of hydrogen-bond donors (Lipinski definition) is 1. The molecule has 0 amide bonds. The molecule has 4 aliphatic rings. The van der Waals surface area contributed by atoms with Gasteiger partial charge in [0.2, 0.25) is 0 Å². The lowest BCUT2D eigenvalue weighted by molar-refractivity contribution is 0.647. The molecule has 1 saturated heterocycles. The van der Waals surface area contributed by atoms with Crippen molar-refractivity contribution >= 4 is 33.2 Å². The maximum absolute atomic E-state index is 6.27. The van der Waals surface area contributed by atoms with Crippen LogP contribution >= 0.6 is 11.3 Å². The summed E-state index contributed by atoms with van der Waals surface area (Å²) in [5.74, 6) is 0. The van der Waals surface area contributed by atoms with E-state index in [9.17, 15) is 0 Å². The molecular weight excluding hydrogens is 420 g/mol. The Hall–Kier alpha value is -3.30. The van der Waals surface area contributed by atoms with Crippen LogP contribution in [0.3, 0.4) is 0 Å². The molecule has 3 heteroatoms. The Morgan fingerprint density at radius 3 is 2.70 bits per heavy atom. The fourth-order valence-corrected chi connectivity index (χ4v) is 7.35. The summed E-state index contributed by atoms with van der Waals surface area (Å²) in [6.07, 6.45) is 20.0. The quantitative estimate of drug-likeness (QED) is 0.453. The summed E-state index contributed by atoms with van der Waals surface area (Å²) in [4.78, 5) is 4.03. The van der Waals surface area contributed by atoms with Gasteiger partial charge in [-0.1, -0.05) is 60.7 Å². The summed E-state index contributed by atoms with van der Waals surface area (Å²) in [6, 6.07) is 16.8. The maximum atomic E-state index is 6.27. The fourth-order valence-electron chi connectivity index (χ4n) is 6.03. The van der Waals surface area contributed by atoms with Gasteiger partial charge in [-0.05, 0) is 76.8 Å². The van der Waals surface area contributed by atoms with Crippen LogP contribution in [0.15, 0.2) is 95.8 Å². The molecule has 3 aromatic rings. The Labute approximate surface area is 198 Å². The molecule has 2 nitrogen and oxygen atoms in total.